The summed E-state index contributed by atoms with van der Waals surface area (Å²) in [5.74, 6) is 1.32. The minimum Gasteiger partial charge on any atom is -0.493 e. The van der Waals surface area contributed by atoms with E-state index in [0.29, 0.717) is 31.1 Å². The highest BCUT2D eigenvalue weighted by Crippen LogP contribution is 2.27. The van der Waals surface area contributed by atoms with Crippen LogP contribution in [0, 0.1) is 0 Å². The molecule has 6 heteroatoms. The molecule has 6 nitrogen and oxygen atoms in total. The number of benzene rings is 1. The van der Waals surface area contributed by atoms with Crippen LogP contribution in [0.2, 0.25) is 0 Å². The molecule has 2 aromatic rings. The number of carbonyl (C=O) groups is 1. The van der Waals surface area contributed by atoms with Gasteiger partial charge in [0.15, 0.2) is 11.5 Å². The van der Waals surface area contributed by atoms with E-state index in [2.05, 4.69) is 10.3 Å². The molecule has 2 amide bonds. The standard InChI is InChI=1S/C17H19N3O3/c1-22-15-6-5-12(8-16(15)23-2)9-19-17(21)20-10-13-4-3-7-18-14(13)11-20/h3-8H,9-11H2,1-2H3,(H,19,21). The second-order valence-corrected chi connectivity index (χ2v) is 5.31. The number of ether oxygens (including phenoxy) is 2. The quantitative estimate of drug-likeness (QED) is 0.941. The summed E-state index contributed by atoms with van der Waals surface area (Å²) in [5.41, 5.74) is 3.02. The number of carbonyl (C=O) groups excluding carboxylic acids is 1. The molecule has 0 bridgehead atoms. The van der Waals surface area contributed by atoms with Crippen molar-refractivity contribution in [2.75, 3.05) is 14.2 Å². The van der Waals surface area contributed by atoms with E-state index in [-0.39, 0.29) is 6.03 Å². The van der Waals surface area contributed by atoms with Crippen LogP contribution in [0.4, 0.5) is 4.79 Å². The monoisotopic (exact) mass is 313 g/mol. The van der Waals surface area contributed by atoms with Gasteiger partial charge in [-0.3, -0.25) is 4.98 Å². The minimum atomic E-state index is -0.0993. The van der Waals surface area contributed by atoms with Crippen LogP contribution >= 0.6 is 0 Å². The number of amides is 2. The first kappa shape index (κ1) is 15.1. The Morgan fingerprint density at radius 1 is 1.22 bits per heavy atom. The highest BCUT2D eigenvalue weighted by Gasteiger charge is 2.23. The average Bonchev–Trinajstić information content (AvgIpc) is 3.03. The summed E-state index contributed by atoms with van der Waals surface area (Å²) in [6.45, 7) is 1.58. The smallest absolute Gasteiger partial charge is 0.318 e. The first-order valence-corrected chi connectivity index (χ1v) is 7.37. The van der Waals surface area contributed by atoms with Gasteiger partial charge in [0.1, 0.15) is 0 Å². The zero-order valence-electron chi connectivity index (χ0n) is 13.2. The van der Waals surface area contributed by atoms with Crippen LogP contribution < -0.4 is 14.8 Å². The van der Waals surface area contributed by atoms with Crippen molar-refractivity contribution in [1.29, 1.82) is 0 Å². The molecule has 0 radical (unpaired) electrons. The van der Waals surface area contributed by atoms with Crippen LogP contribution in [0.25, 0.3) is 0 Å². The third-order valence-electron chi connectivity index (χ3n) is 3.87. The highest BCUT2D eigenvalue weighted by molar-refractivity contribution is 5.75. The Labute approximate surface area is 135 Å². The Balaban J connectivity index is 1.60. The van der Waals surface area contributed by atoms with E-state index < -0.39 is 0 Å². The number of hydrogen-bond acceptors (Lipinski definition) is 4. The third-order valence-corrected chi connectivity index (χ3v) is 3.87. The van der Waals surface area contributed by atoms with E-state index in [0.717, 1.165) is 16.8 Å². The fraction of sp³-hybridized carbons (Fsp3) is 0.294. The number of urea groups is 1. The van der Waals surface area contributed by atoms with Crippen molar-refractivity contribution in [3.05, 3.63) is 53.3 Å². The number of nitrogens with one attached hydrogen (secondary N) is 1. The zero-order valence-corrected chi connectivity index (χ0v) is 13.2. The van der Waals surface area contributed by atoms with Crippen molar-refractivity contribution in [2.45, 2.75) is 19.6 Å². The number of methoxy groups -OCH3 is 2. The van der Waals surface area contributed by atoms with Gasteiger partial charge in [0.05, 0.1) is 26.5 Å². The molecule has 1 aromatic carbocycles. The van der Waals surface area contributed by atoms with E-state index >= 15 is 0 Å². The highest BCUT2D eigenvalue weighted by atomic mass is 16.5. The van der Waals surface area contributed by atoms with Gasteiger partial charge in [-0.15, -0.1) is 0 Å². The van der Waals surface area contributed by atoms with Crippen LogP contribution in [0.3, 0.4) is 0 Å². The Hall–Kier alpha value is -2.76. The fourth-order valence-electron chi connectivity index (χ4n) is 2.62. The Morgan fingerprint density at radius 3 is 2.78 bits per heavy atom. The van der Waals surface area contributed by atoms with E-state index in [4.69, 9.17) is 9.47 Å². The lowest BCUT2D eigenvalue weighted by atomic mass is 10.2. The largest absolute Gasteiger partial charge is 0.493 e. The van der Waals surface area contributed by atoms with Crippen LogP contribution in [-0.4, -0.2) is 30.1 Å². The van der Waals surface area contributed by atoms with Gasteiger partial charge in [0.2, 0.25) is 0 Å². The van der Waals surface area contributed by atoms with Crippen molar-refractivity contribution in [3.63, 3.8) is 0 Å². The molecule has 120 valence electrons. The normalized spacial score (nSPS) is 12.7. The second kappa shape index (κ2) is 6.56. The molecule has 1 aliphatic heterocycles. The summed E-state index contributed by atoms with van der Waals surface area (Å²) in [5, 5.41) is 2.93. The molecule has 1 aliphatic rings. The molecule has 0 saturated heterocycles. The molecule has 1 aromatic heterocycles. The zero-order chi connectivity index (χ0) is 16.2. The van der Waals surface area contributed by atoms with Gasteiger partial charge in [-0.2, -0.15) is 0 Å². The van der Waals surface area contributed by atoms with E-state index in [1.807, 2.05) is 30.3 Å². The molecule has 2 heterocycles. The van der Waals surface area contributed by atoms with Crippen LogP contribution in [0.15, 0.2) is 36.5 Å². The van der Waals surface area contributed by atoms with E-state index in [9.17, 15) is 4.79 Å². The van der Waals surface area contributed by atoms with E-state index in [1.54, 1.807) is 25.3 Å². The second-order valence-electron chi connectivity index (χ2n) is 5.31. The molecule has 1 N–H and O–H groups in total. The van der Waals surface area contributed by atoms with Crippen molar-refractivity contribution in [1.82, 2.24) is 15.2 Å². The van der Waals surface area contributed by atoms with Gasteiger partial charge in [-0.25, -0.2) is 4.79 Å². The number of aromatic nitrogens is 1. The SMILES string of the molecule is COc1ccc(CNC(=O)N2Cc3cccnc3C2)cc1OC. The Morgan fingerprint density at radius 2 is 2.04 bits per heavy atom. The van der Waals surface area contributed by atoms with Gasteiger partial charge >= 0.3 is 6.03 Å². The lowest BCUT2D eigenvalue weighted by molar-refractivity contribution is 0.197. The number of rotatable bonds is 4. The first-order valence-electron chi connectivity index (χ1n) is 7.37. The number of nitrogens with zero attached hydrogens (tertiary/aromatic N) is 2. The van der Waals surface area contributed by atoms with Gasteiger partial charge in [0, 0.05) is 19.3 Å². The van der Waals surface area contributed by atoms with Crippen molar-refractivity contribution < 1.29 is 14.3 Å². The summed E-state index contributed by atoms with van der Waals surface area (Å²) in [6.07, 6.45) is 1.75. The molecule has 0 fully saturated rings. The predicted octanol–water partition coefficient (Wildman–Crippen LogP) is 2.32. The number of hydrogen-bond donors (Lipinski definition) is 1. The molecule has 23 heavy (non-hydrogen) atoms. The molecule has 0 saturated carbocycles. The lowest BCUT2D eigenvalue weighted by Gasteiger charge is -2.16. The Kier molecular flexibility index (Phi) is 4.32. The average molecular weight is 313 g/mol. The Bertz CT molecular complexity index is 693. The predicted molar refractivity (Wildman–Crippen MR) is 85.3 cm³/mol. The summed E-state index contributed by atoms with van der Waals surface area (Å²) in [7, 11) is 3.19. The summed E-state index contributed by atoms with van der Waals surface area (Å²) >= 11 is 0. The van der Waals surface area contributed by atoms with Gasteiger partial charge in [-0.1, -0.05) is 12.1 Å². The molecule has 0 unspecified atom stereocenters. The fourth-order valence-corrected chi connectivity index (χ4v) is 2.62. The van der Waals surface area contributed by atoms with Crippen molar-refractivity contribution >= 4 is 6.03 Å². The maximum Gasteiger partial charge on any atom is 0.318 e. The van der Waals surface area contributed by atoms with Gasteiger partial charge < -0.3 is 19.7 Å². The van der Waals surface area contributed by atoms with Crippen molar-refractivity contribution in [2.24, 2.45) is 0 Å². The minimum absolute atomic E-state index is 0.0993. The van der Waals surface area contributed by atoms with Crippen LogP contribution in [0.1, 0.15) is 16.8 Å². The lowest BCUT2D eigenvalue weighted by Crippen LogP contribution is -2.36. The molecular formula is C17H19N3O3. The summed E-state index contributed by atoms with van der Waals surface area (Å²) < 4.78 is 10.5. The van der Waals surface area contributed by atoms with Crippen molar-refractivity contribution in [3.8, 4) is 11.5 Å². The maximum absolute atomic E-state index is 12.3. The number of fused-ring (bicyclic) bond motifs is 1. The molecule has 0 spiro atoms. The number of pyridine rings is 1. The van der Waals surface area contributed by atoms with Crippen LogP contribution in [0.5, 0.6) is 11.5 Å². The topological polar surface area (TPSA) is 63.7 Å². The summed E-state index contributed by atoms with van der Waals surface area (Å²) in [6, 6.07) is 9.39. The first-order chi connectivity index (χ1) is 11.2. The van der Waals surface area contributed by atoms with E-state index in [1.165, 1.54) is 0 Å². The summed E-state index contributed by atoms with van der Waals surface area (Å²) in [4.78, 5) is 18.3. The molecular weight excluding hydrogens is 294 g/mol. The van der Waals surface area contributed by atoms with Gasteiger partial charge in [0.25, 0.3) is 0 Å². The van der Waals surface area contributed by atoms with Crippen LogP contribution in [-0.2, 0) is 19.6 Å². The maximum atomic E-state index is 12.3. The molecule has 0 aliphatic carbocycles. The van der Waals surface area contributed by atoms with Gasteiger partial charge in [-0.05, 0) is 29.3 Å². The molecule has 0 atom stereocenters. The third kappa shape index (κ3) is 3.21. The molecule has 3 rings (SSSR count).